The highest BCUT2D eigenvalue weighted by Crippen LogP contribution is 2.32. The van der Waals surface area contributed by atoms with Crippen molar-refractivity contribution in [1.82, 2.24) is 5.32 Å². The van der Waals surface area contributed by atoms with Crippen LogP contribution < -0.4 is 10.1 Å². The number of fused-ring (bicyclic) bond motifs is 1. The monoisotopic (exact) mass is 213 g/mol. The summed E-state index contributed by atoms with van der Waals surface area (Å²) in [5.74, 6) is 1.07. The van der Waals surface area contributed by atoms with Gasteiger partial charge in [-0.05, 0) is 6.07 Å². The van der Waals surface area contributed by atoms with Crippen molar-refractivity contribution in [2.75, 3.05) is 19.7 Å². The van der Waals surface area contributed by atoms with Crippen LogP contribution in [0, 0.1) is 0 Å². The predicted octanol–water partition coefficient (Wildman–Crippen LogP) is 2.02. The molecule has 1 aliphatic heterocycles. The van der Waals surface area contributed by atoms with Crippen molar-refractivity contribution in [3.05, 3.63) is 29.8 Å². The molecule has 0 radical (unpaired) electrons. The zero-order valence-electron chi connectivity index (χ0n) is 8.25. The molecule has 1 aromatic rings. The van der Waals surface area contributed by atoms with E-state index in [-0.39, 0.29) is 12.5 Å². The maximum Gasteiger partial charge on any atom is 0.250 e. The first kappa shape index (κ1) is 10.4. The molecule has 0 aliphatic carbocycles. The zero-order chi connectivity index (χ0) is 10.7. The highest BCUT2D eigenvalue weighted by molar-refractivity contribution is 5.39. The predicted molar refractivity (Wildman–Crippen MR) is 53.6 cm³/mol. The number of hydrogen-bond acceptors (Lipinski definition) is 2. The molecule has 0 spiro atoms. The number of halogens is 2. The van der Waals surface area contributed by atoms with Crippen LogP contribution in [-0.2, 0) is 0 Å². The molecule has 2 nitrogen and oxygen atoms in total. The maximum atomic E-state index is 11.9. The summed E-state index contributed by atoms with van der Waals surface area (Å²) in [6, 6.07) is 7.74. The van der Waals surface area contributed by atoms with Gasteiger partial charge in [-0.2, -0.15) is 0 Å². The highest BCUT2D eigenvalue weighted by atomic mass is 19.3. The smallest absolute Gasteiger partial charge is 0.250 e. The second-order valence-electron chi connectivity index (χ2n) is 3.60. The molecule has 15 heavy (non-hydrogen) atoms. The van der Waals surface area contributed by atoms with Crippen molar-refractivity contribution in [3.63, 3.8) is 0 Å². The van der Waals surface area contributed by atoms with E-state index in [0.29, 0.717) is 13.2 Å². The molecule has 0 amide bonds. The SMILES string of the molecule is FC(F)CNCC1COc2ccccc21. The molecule has 0 saturated carbocycles. The van der Waals surface area contributed by atoms with Crippen LogP contribution in [0.1, 0.15) is 11.5 Å². The minimum atomic E-state index is -2.29. The van der Waals surface area contributed by atoms with Gasteiger partial charge >= 0.3 is 0 Å². The van der Waals surface area contributed by atoms with Gasteiger partial charge in [-0.1, -0.05) is 18.2 Å². The summed E-state index contributed by atoms with van der Waals surface area (Å²) in [5, 5.41) is 2.74. The van der Waals surface area contributed by atoms with Gasteiger partial charge in [0, 0.05) is 18.0 Å². The van der Waals surface area contributed by atoms with Crippen LogP contribution in [0.2, 0.25) is 0 Å². The van der Waals surface area contributed by atoms with Crippen LogP contribution in [0.3, 0.4) is 0 Å². The fourth-order valence-electron chi connectivity index (χ4n) is 1.76. The van der Waals surface area contributed by atoms with Crippen molar-refractivity contribution in [1.29, 1.82) is 0 Å². The Bertz CT molecular complexity index is 330. The van der Waals surface area contributed by atoms with Crippen molar-refractivity contribution in [3.8, 4) is 5.75 Å². The number of hydrogen-bond donors (Lipinski definition) is 1. The molecule has 0 saturated heterocycles. The van der Waals surface area contributed by atoms with Crippen LogP contribution >= 0.6 is 0 Å². The molecule has 1 N–H and O–H groups in total. The molecule has 1 unspecified atom stereocenters. The van der Waals surface area contributed by atoms with E-state index in [4.69, 9.17) is 4.74 Å². The lowest BCUT2D eigenvalue weighted by atomic mass is 10.0. The van der Waals surface area contributed by atoms with E-state index in [0.717, 1.165) is 11.3 Å². The molecule has 2 rings (SSSR count). The molecule has 82 valence electrons. The van der Waals surface area contributed by atoms with Gasteiger partial charge < -0.3 is 10.1 Å². The minimum Gasteiger partial charge on any atom is -0.493 e. The zero-order valence-corrected chi connectivity index (χ0v) is 8.25. The summed E-state index contributed by atoms with van der Waals surface area (Å²) < 4.78 is 29.3. The molecule has 1 aromatic carbocycles. The van der Waals surface area contributed by atoms with Gasteiger partial charge in [0.1, 0.15) is 5.75 Å². The van der Waals surface area contributed by atoms with Crippen LogP contribution in [0.4, 0.5) is 8.78 Å². The first-order valence-corrected chi connectivity index (χ1v) is 4.98. The number of ether oxygens (including phenoxy) is 1. The first-order chi connectivity index (χ1) is 7.27. The maximum absolute atomic E-state index is 11.9. The van der Waals surface area contributed by atoms with Gasteiger partial charge in [-0.15, -0.1) is 0 Å². The number of benzene rings is 1. The molecule has 0 fully saturated rings. The molecule has 1 atom stereocenters. The van der Waals surface area contributed by atoms with Crippen LogP contribution in [0.5, 0.6) is 5.75 Å². The van der Waals surface area contributed by atoms with E-state index in [1.165, 1.54) is 0 Å². The Morgan fingerprint density at radius 1 is 1.40 bits per heavy atom. The van der Waals surface area contributed by atoms with Gasteiger partial charge in [0.2, 0.25) is 0 Å². The van der Waals surface area contributed by atoms with Gasteiger partial charge in [-0.25, -0.2) is 8.78 Å². The minimum absolute atomic E-state index is 0.194. The molecular weight excluding hydrogens is 200 g/mol. The Balaban J connectivity index is 1.90. The largest absolute Gasteiger partial charge is 0.493 e. The first-order valence-electron chi connectivity index (χ1n) is 4.98. The second kappa shape index (κ2) is 4.57. The Morgan fingerprint density at radius 3 is 3.00 bits per heavy atom. The lowest BCUT2D eigenvalue weighted by Crippen LogP contribution is -2.27. The van der Waals surface area contributed by atoms with Crippen molar-refractivity contribution in [2.45, 2.75) is 12.3 Å². The Labute approximate surface area is 87.2 Å². The normalized spacial score (nSPS) is 19.0. The van der Waals surface area contributed by atoms with E-state index in [2.05, 4.69) is 5.32 Å². The van der Waals surface area contributed by atoms with Gasteiger partial charge in [-0.3, -0.25) is 0 Å². The summed E-state index contributed by atoms with van der Waals surface area (Å²) >= 11 is 0. The average molecular weight is 213 g/mol. The quantitative estimate of drug-likeness (QED) is 0.826. The third kappa shape index (κ3) is 2.45. The molecule has 0 bridgehead atoms. The van der Waals surface area contributed by atoms with Crippen molar-refractivity contribution >= 4 is 0 Å². The standard InChI is InChI=1S/C11H13F2NO/c12-11(13)6-14-5-8-7-15-10-4-2-1-3-9(8)10/h1-4,8,11,14H,5-7H2. The average Bonchev–Trinajstić information content (AvgIpc) is 2.62. The summed E-state index contributed by atoms with van der Waals surface area (Å²) in [5.41, 5.74) is 1.11. The summed E-state index contributed by atoms with van der Waals surface area (Å²) in [6.07, 6.45) is -2.29. The van der Waals surface area contributed by atoms with E-state index in [9.17, 15) is 8.78 Å². The van der Waals surface area contributed by atoms with Crippen molar-refractivity contribution < 1.29 is 13.5 Å². The molecule has 1 aliphatic rings. The highest BCUT2D eigenvalue weighted by Gasteiger charge is 2.23. The Morgan fingerprint density at radius 2 is 2.20 bits per heavy atom. The summed E-state index contributed by atoms with van der Waals surface area (Å²) in [6.45, 7) is 0.871. The number of nitrogens with one attached hydrogen (secondary N) is 1. The van der Waals surface area contributed by atoms with Gasteiger partial charge in [0.15, 0.2) is 0 Å². The fraction of sp³-hybridized carbons (Fsp3) is 0.455. The number of rotatable bonds is 4. The Kier molecular flexibility index (Phi) is 3.16. The lowest BCUT2D eigenvalue weighted by molar-refractivity contribution is 0.145. The van der Waals surface area contributed by atoms with Crippen LogP contribution in [-0.4, -0.2) is 26.1 Å². The lowest BCUT2D eigenvalue weighted by Gasteiger charge is -2.09. The van der Waals surface area contributed by atoms with Crippen LogP contribution in [0.25, 0.3) is 0 Å². The number of alkyl halides is 2. The molecule has 4 heteroatoms. The number of para-hydroxylation sites is 1. The van der Waals surface area contributed by atoms with Gasteiger partial charge in [0.25, 0.3) is 6.43 Å². The van der Waals surface area contributed by atoms with E-state index in [1.807, 2.05) is 24.3 Å². The van der Waals surface area contributed by atoms with E-state index in [1.54, 1.807) is 0 Å². The molecule has 1 heterocycles. The van der Waals surface area contributed by atoms with Crippen molar-refractivity contribution in [2.24, 2.45) is 0 Å². The molecule has 0 aromatic heterocycles. The fourth-order valence-corrected chi connectivity index (χ4v) is 1.76. The second-order valence-corrected chi connectivity index (χ2v) is 3.60. The third-order valence-corrected chi connectivity index (χ3v) is 2.49. The Hall–Kier alpha value is -1.16. The summed E-state index contributed by atoms with van der Waals surface area (Å²) in [7, 11) is 0. The third-order valence-electron chi connectivity index (χ3n) is 2.49. The van der Waals surface area contributed by atoms with E-state index >= 15 is 0 Å². The molecular formula is C11H13F2NO. The summed E-state index contributed by atoms with van der Waals surface area (Å²) in [4.78, 5) is 0. The van der Waals surface area contributed by atoms with Crippen LogP contribution in [0.15, 0.2) is 24.3 Å². The van der Waals surface area contributed by atoms with Gasteiger partial charge in [0.05, 0.1) is 13.2 Å². The topological polar surface area (TPSA) is 21.3 Å². The van der Waals surface area contributed by atoms with E-state index < -0.39 is 6.43 Å².